The van der Waals surface area contributed by atoms with Gasteiger partial charge in [0, 0.05) is 25.0 Å². The number of aromatic amines is 1. The lowest BCUT2D eigenvalue weighted by molar-refractivity contribution is -0.695. The molecule has 9 heteroatoms. The number of halogens is 2. The fourth-order valence-corrected chi connectivity index (χ4v) is 5.04. The van der Waals surface area contributed by atoms with Gasteiger partial charge in [-0.05, 0) is 47.9 Å². The fraction of sp³-hybridized carbons (Fsp3) is 0.269. The van der Waals surface area contributed by atoms with Crippen molar-refractivity contribution in [3.05, 3.63) is 87.4 Å². The van der Waals surface area contributed by atoms with Crippen molar-refractivity contribution in [2.75, 3.05) is 6.54 Å². The van der Waals surface area contributed by atoms with Crippen LogP contribution in [0.4, 0.5) is 0 Å². The number of imidazole rings is 1. The number of rotatable bonds is 6. The first-order valence-electron chi connectivity index (χ1n) is 11.4. The molecule has 180 valence electrons. The van der Waals surface area contributed by atoms with Crippen LogP contribution in [0.3, 0.4) is 0 Å². The topological polar surface area (TPSA) is 89.3 Å². The van der Waals surface area contributed by atoms with Crippen LogP contribution in [-0.2, 0) is 22.6 Å². The lowest BCUT2D eigenvalue weighted by atomic mass is 9.94. The number of amides is 1. The van der Waals surface area contributed by atoms with Gasteiger partial charge in [0.15, 0.2) is 0 Å². The van der Waals surface area contributed by atoms with Gasteiger partial charge in [0.1, 0.15) is 24.2 Å². The maximum absolute atomic E-state index is 13.7. The van der Waals surface area contributed by atoms with Crippen LogP contribution in [0, 0.1) is 0 Å². The second-order valence-corrected chi connectivity index (χ2v) is 9.62. The molecule has 2 unspecified atom stereocenters. The number of nitrogens with one attached hydrogen (secondary N) is 1. The highest BCUT2D eigenvalue weighted by Crippen LogP contribution is 2.41. The highest BCUT2D eigenvalue weighted by molar-refractivity contribution is 6.46. The number of hydrogen-bond donors (Lipinski definition) is 1. The van der Waals surface area contributed by atoms with E-state index >= 15 is 0 Å². The molecule has 2 aliphatic rings. The minimum Gasteiger partial charge on any atom is -0.872 e. The number of carbonyl (C=O) groups excluding carboxylic acids is 2. The average Bonchev–Trinajstić information content (AvgIpc) is 3.54. The number of Topliss-reactive ketones (excluding diaryl/α,β-unsaturated/α-hetero) is 1. The van der Waals surface area contributed by atoms with Gasteiger partial charge in [-0.15, -0.1) is 0 Å². The van der Waals surface area contributed by atoms with Crippen LogP contribution in [0.15, 0.2) is 60.7 Å². The Morgan fingerprint density at radius 3 is 2.77 bits per heavy atom. The third kappa shape index (κ3) is 4.42. The van der Waals surface area contributed by atoms with Crippen molar-refractivity contribution in [3.8, 4) is 5.75 Å². The first kappa shape index (κ1) is 23.5. The largest absolute Gasteiger partial charge is 0.872 e. The van der Waals surface area contributed by atoms with Gasteiger partial charge in [-0.2, -0.15) is 0 Å². The molecule has 1 N–H and O–H groups in total. The number of ether oxygens (including phenoxy) is 1. The van der Waals surface area contributed by atoms with Crippen LogP contribution in [0.1, 0.15) is 36.1 Å². The van der Waals surface area contributed by atoms with E-state index in [2.05, 4.69) is 4.98 Å². The Morgan fingerprint density at radius 2 is 2.03 bits per heavy atom. The highest BCUT2D eigenvalue weighted by atomic mass is 35.5. The summed E-state index contributed by atoms with van der Waals surface area (Å²) >= 11 is 12.4. The maximum atomic E-state index is 13.7. The third-order valence-electron chi connectivity index (χ3n) is 6.36. The van der Waals surface area contributed by atoms with E-state index in [9.17, 15) is 14.7 Å². The molecule has 2 aliphatic heterocycles. The van der Waals surface area contributed by atoms with E-state index < -0.39 is 23.5 Å². The fourth-order valence-electron chi connectivity index (χ4n) is 4.73. The summed E-state index contributed by atoms with van der Waals surface area (Å²) in [5.41, 5.74) is 1.75. The standard InChI is InChI=1S/C26H23Cl2N3O4/c1-15-11-18-12-17(4-6-21(18)35-15)24(32)22-23(16-3-5-19(27)20(28)13-16)31(26(34)25(22)33)9-2-8-30-10-7-29-14-30/h3-7,10,12-15,23H,2,8-9,11H2,1H3,(H,32,33). The Hall–Kier alpha value is -3.29. The Balaban J connectivity index is 1.55. The molecule has 3 heterocycles. The molecule has 1 aromatic heterocycles. The number of aryl methyl sites for hydroxylation is 1. The summed E-state index contributed by atoms with van der Waals surface area (Å²) in [4.78, 5) is 30.8. The monoisotopic (exact) mass is 511 g/mol. The van der Waals surface area contributed by atoms with Crippen molar-refractivity contribution >= 4 is 40.7 Å². The summed E-state index contributed by atoms with van der Waals surface area (Å²) in [7, 11) is 0. The Labute approximate surface area is 212 Å². The lowest BCUT2D eigenvalue weighted by Gasteiger charge is -2.27. The zero-order chi connectivity index (χ0) is 24.7. The van der Waals surface area contributed by atoms with Crippen LogP contribution in [0.5, 0.6) is 5.75 Å². The molecule has 0 saturated carbocycles. The highest BCUT2D eigenvalue weighted by Gasteiger charge is 2.44. The summed E-state index contributed by atoms with van der Waals surface area (Å²) in [6, 6.07) is 9.20. The number of ketones is 1. The average molecular weight is 512 g/mol. The number of H-pyrrole nitrogens is 1. The smallest absolute Gasteiger partial charge is 0.295 e. The number of hydrogen-bond acceptors (Lipinski definition) is 4. The molecule has 1 amide bonds. The molecule has 3 aromatic rings. The molecular weight excluding hydrogens is 489 g/mol. The molecule has 2 aromatic carbocycles. The van der Waals surface area contributed by atoms with Crippen LogP contribution in [0.25, 0.3) is 5.76 Å². The van der Waals surface area contributed by atoms with Gasteiger partial charge >= 0.3 is 0 Å². The van der Waals surface area contributed by atoms with Crippen molar-refractivity contribution < 1.29 is 24.0 Å². The third-order valence-corrected chi connectivity index (χ3v) is 7.10. The van der Waals surface area contributed by atoms with Crippen molar-refractivity contribution in [1.29, 1.82) is 0 Å². The molecule has 0 radical (unpaired) electrons. The van der Waals surface area contributed by atoms with Crippen LogP contribution < -0.4 is 14.4 Å². The summed E-state index contributed by atoms with van der Waals surface area (Å²) < 4.78 is 7.68. The summed E-state index contributed by atoms with van der Waals surface area (Å²) in [5.74, 6) is -1.21. The Bertz CT molecular complexity index is 1340. The Morgan fingerprint density at radius 1 is 1.20 bits per heavy atom. The molecule has 35 heavy (non-hydrogen) atoms. The van der Waals surface area contributed by atoms with E-state index in [0.717, 1.165) is 11.3 Å². The number of carbonyl (C=O) groups is 2. The normalized spacial score (nSPS) is 20.8. The number of likely N-dealkylation sites (tertiary alicyclic amines) is 1. The summed E-state index contributed by atoms with van der Waals surface area (Å²) in [6.45, 7) is 2.89. The zero-order valence-corrected chi connectivity index (χ0v) is 20.5. The molecular formula is C26H23Cl2N3O4. The molecule has 7 nitrogen and oxygen atoms in total. The van der Waals surface area contributed by atoms with Gasteiger partial charge in [-0.3, -0.25) is 14.6 Å². The lowest BCUT2D eigenvalue weighted by Crippen LogP contribution is -2.36. The number of nitrogens with zero attached hydrogens (tertiary/aromatic N) is 2. The van der Waals surface area contributed by atoms with Gasteiger partial charge in [0.25, 0.3) is 5.91 Å². The molecule has 5 rings (SSSR count). The predicted octanol–water partition coefficient (Wildman–Crippen LogP) is 3.25. The first-order chi connectivity index (χ1) is 16.8. The van der Waals surface area contributed by atoms with Crippen molar-refractivity contribution in [1.82, 2.24) is 9.88 Å². The number of benzene rings is 2. The molecule has 0 aliphatic carbocycles. The van der Waals surface area contributed by atoms with Gasteiger partial charge in [-0.25, -0.2) is 4.57 Å². The number of fused-ring (bicyclic) bond motifs is 1. The van der Waals surface area contributed by atoms with E-state index in [1.807, 2.05) is 24.0 Å². The van der Waals surface area contributed by atoms with E-state index in [4.69, 9.17) is 27.9 Å². The minimum absolute atomic E-state index is 0.0232. The van der Waals surface area contributed by atoms with Crippen molar-refractivity contribution in [2.24, 2.45) is 0 Å². The van der Waals surface area contributed by atoms with Gasteiger partial charge in [0.2, 0.25) is 12.1 Å². The summed E-state index contributed by atoms with van der Waals surface area (Å²) in [6.07, 6.45) is 6.79. The second kappa shape index (κ2) is 9.40. The van der Waals surface area contributed by atoms with Crippen molar-refractivity contribution in [3.63, 3.8) is 0 Å². The number of aromatic nitrogens is 2. The quantitative estimate of drug-likeness (QED) is 0.238. The van der Waals surface area contributed by atoms with E-state index in [-0.39, 0.29) is 16.7 Å². The predicted molar refractivity (Wildman–Crippen MR) is 129 cm³/mol. The van der Waals surface area contributed by atoms with E-state index in [1.54, 1.807) is 42.6 Å². The van der Waals surface area contributed by atoms with Crippen LogP contribution in [0.2, 0.25) is 10.0 Å². The van der Waals surface area contributed by atoms with Gasteiger partial charge < -0.3 is 14.7 Å². The molecule has 1 saturated heterocycles. The summed E-state index contributed by atoms with van der Waals surface area (Å²) in [5, 5.41) is 14.3. The zero-order valence-electron chi connectivity index (χ0n) is 19.0. The van der Waals surface area contributed by atoms with E-state index in [0.29, 0.717) is 42.1 Å². The second-order valence-electron chi connectivity index (χ2n) is 8.80. The van der Waals surface area contributed by atoms with Crippen LogP contribution in [-0.4, -0.2) is 34.2 Å². The van der Waals surface area contributed by atoms with Crippen molar-refractivity contribution in [2.45, 2.75) is 38.5 Å². The van der Waals surface area contributed by atoms with Gasteiger partial charge in [-0.1, -0.05) is 41.1 Å². The molecule has 0 bridgehead atoms. The van der Waals surface area contributed by atoms with Gasteiger partial charge in [0.05, 0.1) is 22.6 Å². The minimum atomic E-state index is -0.850. The molecule has 2 atom stereocenters. The van der Waals surface area contributed by atoms with E-state index in [1.165, 1.54) is 4.90 Å². The Kier molecular flexibility index (Phi) is 6.30. The molecule has 0 spiro atoms. The van der Waals surface area contributed by atoms with Crippen LogP contribution >= 0.6 is 23.2 Å². The first-order valence-corrected chi connectivity index (χ1v) is 12.1. The SMILES string of the molecule is CC1Cc2cc(C([O-])=C3C(=O)C(=O)N(CCC[n+]4cc[nH]c4)C3c3ccc(Cl)c(Cl)c3)ccc2O1. The maximum Gasteiger partial charge on any atom is 0.295 e. The molecule has 1 fully saturated rings.